The summed E-state index contributed by atoms with van der Waals surface area (Å²) in [5, 5.41) is 9.30. The maximum Gasteiger partial charge on any atom is 0.411 e. The number of rotatable bonds is 2. The average molecular weight is 257 g/mol. The third kappa shape index (κ3) is 3.15. The Kier molecular flexibility index (Phi) is 4.24. The fourth-order valence-electron chi connectivity index (χ4n) is 2.50. The molecule has 5 heteroatoms. The number of hydrogen-bond donors (Lipinski definition) is 1. The van der Waals surface area contributed by atoms with Crippen LogP contribution in [-0.4, -0.2) is 39.8 Å². The van der Waals surface area contributed by atoms with Crippen molar-refractivity contribution in [3.63, 3.8) is 0 Å². The molecule has 0 bridgehead atoms. The topological polar surface area (TPSA) is 66.8 Å². The van der Waals surface area contributed by atoms with Gasteiger partial charge in [-0.25, -0.2) is 9.59 Å². The van der Waals surface area contributed by atoms with Crippen LogP contribution in [0.25, 0.3) is 0 Å². The molecule has 0 aliphatic carbocycles. The normalized spacial score (nSPS) is 28.3. The Bertz CT molecular complexity index is 334. The lowest BCUT2D eigenvalue weighted by atomic mass is 9.96. The summed E-state index contributed by atoms with van der Waals surface area (Å²) in [4.78, 5) is 24.8. The van der Waals surface area contributed by atoms with Crippen molar-refractivity contribution in [2.75, 3.05) is 0 Å². The summed E-state index contributed by atoms with van der Waals surface area (Å²) in [7, 11) is 0. The second-order valence-corrected chi connectivity index (χ2v) is 5.92. The number of hydrogen-bond acceptors (Lipinski definition) is 3. The van der Waals surface area contributed by atoms with Crippen molar-refractivity contribution < 1.29 is 19.4 Å². The standard InChI is InChI=1S/C13H23NO4/c1-6-9-7-8(2)14(10(9)11(15)16)12(17)18-13(3,4)5/h8-10H,6-7H2,1-5H3,(H,15,16)/t8-,9+,10?/m1/s1. The van der Waals surface area contributed by atoms with Crippen LogP contribution in [-0.2, 0) is 9.53 Å². The van der Waals surface area contributed by atoms with Crippen molar-refractivity contribution in [1.82, 2.24) is 4.90 Å². The van der Waals surface area contributed by atoms with Gasteiger partial charge in [0.05, 0.1) is 0 Å². The Morgan fingerprint density at radius 1 is 1.39 bits per heavy atom. The van der Waals surface area contributed by atoms with Crippen molar-refractivity contribution in [1.29, 1.82) is 0 Å². The van der Waals surface area contributed by atoms with Crippen LogP contribution >= 0.6 is 0 Å². The Balaban J connectivity index is 2.90. The Hall–Kier alpha value is -1.26. The van der Waals surface area contributed by atoms with Gasteiger partial charge in [0.2, 0.25) is 0 Å². The lowest BCUT2D eigenvalue weighted by molar-refractivity contribution is -0.143. The average Bonchev–Trinajstić information content (AvgIpc) is 2.52. The number of nitrogens with zero attached hydrogens (tertiary/aromatic N) is 1. The summed E-state index contributed by atoms with van der Waals surface area (Å²) < 4.78 is 5.29. The van der Waals surface area contributed by atoms with Gasteiger partial charge in [-0.15, -0.1) is 0 Å². The molecule has 0 aromatic heterocycles. The van der Waals surface area contributed by atoms with Crippen LogP contribution < -0.4 is 0 Å². The third-order valence-corrected chi connectivity index (χ3v) is 3.25. The molecule has 1 N–H and O–H groups in total. The van der Waals surface area contributed by atoms with Gasteiger partial charge in [0.25, 0.3) is 0 Å². The Morgan fingerprint density at radius 3 is 2.33 bits per heavy atom. The fourth-order valence-corrected chi connectivity index (χ4v) is 2.50. The molecule has 1 amide bonds. The third-order valence-electron chi connectivity index (χ3n) is 3.25. The smallest absolute Gasteiger partial charge is 0.411 e. The van der Waals surface area contributed by atoms with E-state index in [-0.39, 0.29) is 12.0 Å². The second kappa shape index (κ2) is 5.16. The van der Waals surface area contributed by atoms with Crippen molar-refractivity contribution >= 4 is 12.1 Å². The van der Waals surface area contributed by atoms with Gasteiger partial charge in [0.15, 0.2) is 0 Å². The van der Waals surface area contributed by atoms with E-state index in [1.807, 2.05) is 13.8 Å². The number of carboxylic acids is 1. The summed E-state index contributed by atoms with van der Waals surface area (Å²) in [5.74, 6) is -0.943. The molecule has 1 aliphatic rings. The molecule has 0 radical (unpaired) electrons. The summed E-state index contributed by atoms with van der Waals surface area (Å²) >= 11 is 0. The Morgan fingerprint density at radius 2 is 1.94 bits per heavy atom. The first-order valence-corrected chi connectivity index (χ1v) is 6.41. The Labute approximate surface area is 108 Å². The molecule has 1 unspecified atom stereocenters. The fraction of sp³-hybridized carbons (Fsp3) is 0.846. The maximum absolute atomic E-state index is 12.1. The van der Waals surface area contributed by atoms with Gasteiger partial charge >= 0.3 is 12.1 Å². The number of aliphatic carboxylic acids is 1. The number of likely N-dealkylation sites (tertiary alicyclic amines) is 1. The highest BCUT2D eigenvalue weighted by atomic mass is 16.6. The van der Waals surface area contributed by atoms with Gasteiger partial charge in [-0.05, 0) is 40.0 Å². The molecule has 1 fully saturated rings. The zero-order valence-corrected chi connectivity index (χ0v) is 11.8. The van der Waals surface area contributed by atoms with E-state index in [0.29, 0.717) is 6.42 Å². The monoisotopic (exact) mass is 257 g/mol. The maximum atomic E-state index is 12.1. The lowest BCUT2D eigenvalue weighted by Crippen LogP contribution is -2.47. The van der Waals surface area contributed by atoms with Gasteiger partial charge in [-0.2, -0.15) is 0 Å². The summed E-state index contributed by atoms with van der Waals surface area (Å²) in [6.07, 6.45) is 0.936. The SMILES string of the molecule is CC[C@H]1C[C@@H](C)N(C(=O)OC(C)(C)C)C1C(=O)O. The predicted octanol–water partition coefficient (Wildman–Crippen LogP) is 2.50. The van der Waals surface area contributed by atoms with Gasteiger partial charge in [-0.3, -0.25) is 4.90 Å². The van der Waals surface area contributed by atoms with Crippen molar-refractivity contribution in [2.24, 2.45) is 5.92 Å². The molecule has 1 aliphatic heterocycles. The van der Waals surface area contributed by atoms with Crippen molar-refractivity contribution in [2.45, 2.75) is 65.1 Å². The largest absolute Gasteiger partial charge is 0.480 e. The molecular weight excluding hydrogens is 234 g/mol. The second-order valence-electron chi connectivity index (χ2n) is 5.92. The van der Waals surface area contributed by atoms with Crippen LogP contribution in [0.3, 0.4) is 0 Å². The quantitative estimate of drug-likeness (QED) is 0.825. The summed E-state index contributed by atoms with van der Waals surface area (Å²) in [6.45, 7) is 9.15. The first-order chi connectivity index (χ1) is 8.17. The van der Waals surface area contributed by atoms with Crippen LogP contribution in [0.15, 0.2) is 0 Å². The van der Waals surface area contributed by atoms with Crippen LogP contribution in [0.5, 0.6) is 0 Å². The highest BCUT2D eigenvalue weighted by Gasteiger charge is 2.46. The minimum absolute atomic E-state index is 0.00465. The molecule has 1 heterocycles. The number of ether oxygens (including phenoxy) is 1. The highest BCUT2D eigenvalue weighted by molar-refractivity contribution is 5.81. The van der Waals surface area contributed by atoms with E-state index in [9.17, 15) is 14.7 Å². The van der Waals surface area contributed by atoms with Gasteiger partial charge in [-0.1, -0.05) is 13.3 Å². The number of carbonyl (C=O) groups is 2. The first kappa shape index (κ1) is 14.8. The van der Waals surface area contributed by atoms with Crippen LogP contribution in [0.1, 0.15) is 47.5 Å². The molecule has 1 saturated heterocycles. The number of carboxylic acid groups (broad SMARTS) is 1. The minimum atomic E-state index is -0.947. The molecule has 18 heavy (non-hydrogen) atoms. The minimum Gasteiger partial charge on any atom is -0.480 e. The van der Waals surface area contributed by atoms with Gasteiger partial charge in [0.1, 0.15) is 11.6 Å². The number of carbonyl (C=O) groups excluding carboxylic acids is 1. The zero-order valence-electron chi connectivity index (χ0n) is 11.8. The summed E-state index contributed by atoms with van der Waals surface area (Å²) in [6, 6.07) is -0.856. The van der Waals surface area contributed by atoms with Crippen LogP contribution in [0.2, 0.25) is 0 Å². The van der Waals surface area contributed by atoms with Crippen molar-refractivity contribution in [3.05, 3.63) is 0 Å². The van der Waals surface area contributed by atoms with E-state index in [4.69, 9.17) is 4.74 Å². The lowest BCUT2D eigenvalue weighted by Gasteiger charge is -2.30. The zero-order chi connectivity index (χ0) is 14.1. The molecule has 0 aromatic rings. The molecule has 104 valence electrons. The predicted molar refractivity (Wildman–Crippen MR) is 67.4 cm³/mol. The molecule has 0 aromatic carbocycles. The number of amides is 1. The first-order valence-electron chi connectivity index (χ1n) is 6.41. The van der Waals surface area contributed by atoms with Crippen molar-refractivity contribution in [3.8, 4) is 0 Å². The molecule has 0 spiro atoms. The van der Waals surface area contributed by atoms with E-state index >= 15 is 0 Å². The van der Waals surface area contributed by atoms with E-state index in [1.54, 1.807) is 20.8 Å². The van der Waals surface area contributed by atoms with E-state index < -0.39 is 23.7 Å². The summed E-state index contributed by atoms with van der Waals surface area (Å²) in [5.41, 5.74) is -0.607. The van der Waals surface area contributed by atoms with E-state index in [2.05, 4.69) is 0 Å². The van der Waals surface area contributed by atoms with E-state index in [0.717, 1.165) is 6.42 Å². The molecular formula is C13H23NO4. The molecule has 5 nitrogen and oxygen atoms in total. The van der Waals surface area contributed by atoms with Crippen LogP contribution in [0.4, 0.5) is 4.79 Å². The van der Waals surface area contributed by atoms with Gasteiger partial charge in [0, 0.05) is 6.04 Å². The highest BCUT2D eigenvalue weighted by Crippen LogP contribution is 2.33. The molecule has 1 rings (SSSR count). The van der Waals surface area contributed by atoms with E-state index in [1.165, 1.54) is 4.90 Å². The van der Waals surface area contributed by atoms with Gasteiger partial charge < -0.3 is 9.84 Å². The van der Waals surface area contributed by atoms with Crippen LogP contribution in [0, 0.1) is 5.92 Å². The molecule has 3 atom stereocenters. The molecule has 0 saturated carbocycles.